The van der Waals surface area contributed by atoms with Crippen molar-refractivity contribution in [3.8, 4) is 6.07 Å². The number of rotatable bonds is 12. The first-order valence-corrected chi connectivity index (χ1v) is 14.0. The van der Waals surface area contributed by atoms with Crippen molar-refractivity contribution in [3.63, 3.8) is 0 Å². The van der Waals surface area contributed by atoms with Crippen LogP contribution in [0.4, 0.5) is 0 Å². The third-order valence-corrected chi connectivity index (χ3v) is 8.08. The highest BCUT2D eigenvalue weighted by Gasteiger charge is 2.32. The molecule has 0 saturated heterocycles. The summed E-state index contributed by atoms with van der Waals surface area (Å²) in [6, 6.07) is 9.00. The van der Waals surface area contributed by atoms with Gasteiger partial charge in [-0.1, -0.05) is 90.3 Å². The number of hydrogen-bond acceptors (Lipinski definition) is 3. The predicted molar refractivity (Wildman–Crippen MR) is 157 cm³/mol. The van der Waals surface area contributed by atoms with Gasteiger partial charge in [-0.2, -0.15) is 17.9 Å². The third-order valence-electron chi connectivity index (χ3n) is 7.23. The lowest BCUT2D eigenvalue weighted by atomic mass is 9.82. The molecule has 0 amide bonds. The Balaban J connectivity index is 2.53. The van der Waals surface area contributed by atoms with Gasteiger partial charge in [-0.15, -0.1) is 0 Å². The molecule has 0 spiro atoms. The minimum Gasteiger partial charge on any atom is -0.405 e. The van der Waals surface area contributed by atoms with Crippen LogP contribution in [-0.4, -0.2) is 5.75 Å². The van der Waals surface area contributed by atoms with Crippen molar-refractivity contribution in [1.82, 2.24) is 0 Å². The fourth-order valence-corrected chi connectivity index (χ4v) is 5.65. The topological polar surface area (TPSA) is 49.8 Å². The molecule has 0 aliphatic heterocycles. The first-order chi connectivity index (χ1) is 16.8. The van der Waals surface area contributed by atoms with E-state index in [4.69, 9.17) is 11.0 Å². The van der Waals surface area contributed by atoms with Crippen molar-refractivity contribution in [2.75, 3.05) is 5.75 Å². The highest BCUT2D eigenvalue weighted by atomic mass is 32.1. The van der Waals surface area contributed by atoms with Crippen molar-refractivity contribution < 1.29 is 0 Å². The van der Waals surface area contributed by atoms with Crippen LogP contribution in [0.15, 0.2) is 54.3 Å². The van der Waals surface area contributed by atoms with E-state index < -0.39 is 0 Å². The van der Waals surface area contributed by atoms with Gasteiger partial charge in [0.25, 0.3) is 0 Å². The quantitative estimate of drug-likeness (QED) is 0.175. The van der Waals surface area contributed by atoms with Crippen LogP contribution in [0.5, 0.6) is 0 Å². The van der Waals surface area contributed by atoms with Crippen molar-refractivity contribution >= 4 is 24.3 Å². The Morgan fingerprint density at radius 1 is 1.23 bits per heavy atom. The maximum Gasteiger partial charge on any atom is 0.0912 e. The summed E-state index contributed by atoms with van der Waals surface area (Å²) in [7, 11) is 0. The lowest BCUT2D eigenvalue weighted by molar-refractivity contribution is 0.410. The molecule has 3 heteroatoms. The first-order valence-electron chi connectivity index (χ1n) is 13.4. The lowest BCUT2D eigenvalue weighted by Crippen LogP contribution is -2.14. The van der Waals surface area contributed by atoms with Gasteiger partial charge in [0.05, 0.1) is 6.07 Å². The molecular weight excluding hydrogens is 444 g/mol. The van der Waals surface area contributed by atoms with Crippen LogP contribution >= 0.6 is 12.6 Å². The normalized spacial score (nSPS) is 21.8. The maximum atomic E-state index is 8.97. The SMILES string of the molecule is CCCc1cc(/C(=C/C=C/C#N)CC(C)(C)CS)ccc1/C=C(\C=C/N)C1CC(C)CC1CCC. The summed E-state index contributed by atoms with van der Waals surface area (Å²) in [5.74, 6) is 2.91. The van der Waals surface area contributed by atoms with E-state index in [1.165, 1.54) is 53.5 Å². The number of nitrogens with two attached hydrogens (primary N) is 1. The summed E-state index contributed by atoms with van der Waals surface area (Å²) in [4.78, 5) is 0. The minimum absolute atomic E-state index is 0.0749. The van der Waals surface area contributed by atoms with Crippen molar-refractivity contribution in [2.24, 2.45) is 28.9 Å². The Morgan fingerprint density at radius 3 is 2.63 bits per heavy atom. The number of allylic oxidation sites excluding steroid dienone is 6. The zero-order valence-corrected chi connectivity index (χ0v) is 23.5. The molecule has 1 aliphatic rings. The zero-order chi connectivity index (χ0) is 25.8. The molecule has 3 atom stereocenters. The maximum absolute atomic E-state index is 8.97. The molecule has 2 nitrogen and oxygen atoms in total. The minimum atomic E-state index is 0.0749. The standard InChI is InChI=1S/C32H46N2S/c1-6-10-25-20-27(30(12-8-9-16-33)22-32(4,5)23-35)14-13-26(25)21-29(15-17-34)31-19-24(3)18-28(31)11-7-2/h8-9,12-15,17,20-21,24,28,31,35H,6-7,10-11,18-19,22-23,34H2,1-5H3/b9-8+,17-15-,29-21+,30-12+. The number of benzene rings is 1. The molecule has 1 aromatic carbocycles. The second kappa shape index (κ2) is 14.4. The Hall–Kier alpha value is -2.18. The second-order valence-electron chi connectivity index (χ2n) is 11.1. The number of thiol groups is 1. The summed E-state index contributed by atoms with van der Waals surface area (Å²) < 4.78 is 0. The fraction of sp³-hybridized carbons (Fsp3) is 0.531. The average molecular weight is 491 g/mol. The largest absolute Gasteiger partial charge is 0.405 e. The number of aryl methyl sites for hydroxylation is 1. The number of nitriles is 1. The summed E-state index contributed by atoms with van der Waals surface area (Å²) in [6.07, 6.45) is 19.9. The molecule has 2 rings (SSSR count). The van der Waals surface area contributed by atoms with Gasteiger partial charge in [0, 0.05) is 6.08 Å². The van der Waals surface area contributed by atoms with E-state index in [1.54, 1.807) is 12.3 Å². The van der Waals surface area contributed by atoms with Gasteiger partial charge in [-0.05, 0) is 94.7 Å². The summed E-state index contributed by atoms with van der Waals surface area (Å²) in [5, 5.41) is 8.97. The van der Waals surface area contributed by atoms with E-state index in [1.807, 2.05) is 6.08 Å². The molecule has 1 aromatic rings. The second-order valence-corrected chi connectivity index (χ2v) is 11.4. The van der Waals surface area contributed by atoms with Crippen LogP contribution in [0.25, 0.3) is 11.6 Å². The molecule has 0 bridgehead atoms. The van der Waals surface area contributed by atoms with Crippen LogP contribution in [0, 0.1) is 34.5 Å². The number of hydrogen-bond donors (Lipinski definition) is 2. The van der Waals surface area contributed by atoms with Gasteiger partial charge in [-0.3, -0.25) is 0 Å². The Morgan fingerprint density at radius 2 is 2.00 bits per heavy atom. The van der Waals surface area contributed by atoms with Crippen LogP contribution in [-0.2, 0) is 6.42 Å². The van der Waals surface area contributed by atoms with Gasteiger partial charge in [0.15, 0.2) is 0 Å². The number of nitrogens with zero attached hydrogens (tertiary/aromatic N) is 1. The first kappa shape index (κ1) is 29.1. The van der Waals surface area contributed by atoms with Crippen molar-refractivity contribution in [1.29, 1.82) is 5.26 Å². The molecule has 2 N–H and O–H groups in total. The van der Waals surface area contributed by atoms with E-state index in [0.717, 1.165) is 36.9 Å². The molecular formula is C32H46N2S. The monoisotopic (exact) mass is 490 g/mol. The van der Waals surface area contributed by atoms with Gasteiger partial charge >= 0.3 is 0 Å². The summed E-state index contributed by atoms with van der Waals surface area (Å²) >= 11 is 4.57. The lowest BCUT2D eigenvalue weighted by Gasteiger charge is -2.24. The summed E-state index contributed by atoms with van der Waals surface area (Å²) in [5.41, 5.74) is 12.6. The average Bonchev–Trinajstić information content (AvgIpc) is 3.19. The highest BCUT2D eigenvalue weighted by molar-refractivity contribution is 7.80. The molecule has 1 aliphatic carbocycles. The Bertz CT molecular complexity index is 974. The Kier molecular flexibility index (Phi) is 12.0. The molecule has 35 heavy (non-hydrogen) atoms. The molecule has 0 heterocycles. The Labute approximate surface area is 220 Å². The van der Waals surface area contributed by atoms with Crippen LogP contribution in [0.3, 0.4) is 0 Å². The van der Waals surface area contributed by atoms with E-state index in [9.17, 15) is 0 Å². The molecule has 190 valence electrons. The molecule has 1 saturated carbocycles. The smallest absolute Gasteiger partial charge is 0.0912 e. The predicted octanol–water partition coefficient (Wildman–Crippen LogP) is 8.77. The fourth-order valence-electron chi connectivity index (χ4n) is 5.54. The van der Waals surface area contributed by atoms with Crippen LogP contribution in [0.2, 0.25) is 0 Å². The zero-order valence-electron chi connectivity index (χ0n) is 22.6. The molecule has 0 aromatic heterocycles. The van der Waals surface area contributed by atoms with E-state index in [-0.39, 0.29) is 5.41 Å². The summed E-state index contributed by atoms with van der Waals surface area (Å²) in [6.45, 7) is 11.4. The van der Waals surface area contributed by atoms with E-state index in [2.05, 4.69) is 89.7 Å². The van der Waals surface area contributed by atoms with E-state index >= 15 is 0 Å². The molecule has 1 fully saturated rings. The van der Waals surface area contributed by atoms with Crippen LogP contribution in [0.1, 0.15) is 89.8 Å². The van der Waals surface area contributed by atoms with Gasteiger partial charge < -0.3 is 5.73 Å². The van der Waals surface area contributed by atoms with Crippen molar-refractivity contribution in [3.05, 3.63) is 71.0 Å². The van der Waals surface area contributed by atoms with Gasteiger partial charge in [0.2, 0.25) is 0 Å². The van der Waals surface area contributed by atoms with Crippen LogP contribution < -0.4 is 5.73 Å². The van der Waals surface area contributed by atoms with Crippen molar-refractivity contribution in [2.45, 2.75) is 79.6 Å². The molecule has 0 radical (unpaired) electrons. The van der Waals surface area contributed by atoms with E-state index in [0.29, 0.717) is 5.92 Å². The molecule has 3 unspecified atom stereocenters. The highest BCUT2D eigenvalue weighted by Crippen LogP contribution is 2.44. The van der Waals surface area contributed by atoms with Gasteiger partial charge in [-0.25, -0.2) is 0 Å². The third kappa shape index (κ3) is 8.76. The van der Waals surface area contributed by atoms with Gasteiger partial charge in [0.1, 0.15) is 0 Å².